The van der Waals surface area contributed by atoms with E-state index in [-0.39, 0.29) is 23.1 Å². The number of carbonyl (C=O) groups excluding carboxylic acids is 3. The molecule has 0 aromatic carbocycles. The fourth-order valence-electron chi connectivity index (χ4n) is 3.39. The lowest BCUT2D eigenvalue weighted by molar-refractivity contribution is -0.179. The SMILES string of the molecule is CC(C)(C)OC(=O)C(C)(C)O/N=C(\C(=O)N[C@@H]1C(=O)N2C[C@](SC/C=C/CCl)(C(=O)O)S[C@H]12)c1csc(N)n1. The van der Waals surface area contributed by atoms with Crippen molar-refractivity contribution in [2.24, 2.45) is 5.16 Å². The second kappa shape index (κ2) is 11.9. The Balaban J connectivity index is 1.78. The molecule has 214 valence electrons. The number of amides is 2. The molecule has 0 radical (unpaired) electrons. The Morgan fingerprint density at radius 1 is 1.36 bits per heavy atom. The summed E-state index contributed by atoms with van der Waals surface area (Å²) in [6.45, 7) is 7.96. The number of oxime groups is 1. The Hall–Kier alpha value is -2.49. The summed E-state index contributed by atoms with van der Waals surface area (Å²) in [5, 5.41) is 17.5. The van der Waals surface area contributed by atoms with Crippen molar-refractivity contribution in [3.05, 3.63) is 23.2 Å². The number of β-lactam (4-membered cyclic amide) rings is 1. The van der Waals surface area contributed by atoms with Gasteiger partial charge in [0.05, 0.1) is 6.54 Å². The van der Waals surface area contributed by atoms with Gasteiger partial charge >= 0.3 is 11.9 Å². The summed E-state index contributed by atoms with van der Waals surface area (Å²) in [6, 6.07) is -0.997. The van der Waals surface area contributed by atoms with Gasteiger partial charge in [-0.2, -0.15) is 0 Å². The highest BCUT2D eigenvalue weighted by atomic mass is 35.5. The van der Waals surface area contributed by atoms with Crippen LogP contribution in [0.25, 0.3) is 0 Å². The van der Waals surface area contributed by atoms with Gasteiger partial charge in [-0.15, -0.1) is 46.5 Å². The van der Waals surface area contributed by atoms with Crippen LogP contribution < -0.4 is 11.1 Å². The van der Waals surface area contributed by atoms with E-state index in [0.717, 1.165) is 23.1 Å². The first kappa shape index (κ1) is 31.0. The number of nitrogens with zero attached hydrogens (tertiary/aromatic N) is 3. The number of ether oxygens (including phenoxy) is 1. The predicted octanol–water partition coefficient (Wildman–Crippen LogP) is 2.28. The number of alkyl halides is 1. The van der Waals surface area contributed by atoms with Gasteiger partial charge in [0, 0.05) is 17.0 Å². The van der Waals surface area contributed by atoms with Crippen LogP contribution in [0, 0.1) is 0 Å². The maximum Gasteiger partial charge on any atom is 0.353 e. The lowest BCUT2D eigenvalue weighted by Crippen LogP contribution is -2.68. The number of thioether (sulfide) groups is 2. The molecule has 1 aromatic heterocycles. The lowest BCUT2D eigenvalue weighted by Gasteiger charge is -2.41. The number of hydrogen-bond donors (Lipinski definition) is 3. The van der Waals surface area contributed by atoms with Crippen LogP contribution in [0.15, 0.2) is 22.7 Å². The molecule has 2 aliphatic rings. The Kier molecular flexibility index (Phi) is 9.51. The summed E-state index contributed by atoms with van der Waals surface area (Å²) < 4.78 is 4.06. The largest absolute Gasteiger partial charge is 0.480 e. The number of nitrogens with one attached hydrogen (secondary N) is 1. The quantitative estimate of drug-likeness (QED) is 0.0828. The van der Waals surface area contributed by atoms with E-state index in [4.69, 9.17) is 26.9 Å². The molecule has 0 saturated carbocycles. The van der Waals surface area contributed by atoms with Crippen molar-refractivity contribution in [2.45, 2.75) is 61.3 Å². The number of allylic oxidation sites excluding steroid dienone is 1. The van der Waals surface area contributed by atoms with Crippen LogP contribution in [0.3, 0.4) is 0 Å². The fourth-order valence-corrected chi connectivity index (χ4v) is 7.03. The maximum atomic E-state index is 13.3. The number of aliphatic carboxylic acids is 1. The Bertz CT molecular complexity index is 1200. The van der Waals surface area contributed by atoms with Crippen molar-refractivity contribution in [3.63, 3.8) is 0 Å². The van der Waals surface area contributed by atoms with Crippen LogP contribution in [0.2, 0.25) is 0 Å². The van der Waals surface area contributed by atoms with Gasteiger partial charge < -0.3 is 30.6 Å². The summed E-state index contributed by atoms with van der Waals surface area (Å²) in [5.74, 6) is -2.29. The number of carbonyl (C=O) groups is 4. The number of anilines is 1. The number of hydrogen-bond acceptors (Lipinski definition) is 12. The van der Waals surface area contributed by atoms with Gasteiger partial charge in [0.1, 0.15) is 22.7 Å². The highest BCUT2D eigenvalue weighted by Crippen LogP contribution is 2.52. The molecule has 0 spiro atoms. The second-order valence-corrected chi connectivity index (χ2v) is 14.2. The van der Waals surface area contributed by atoms with E-state index in [1.807, 2.05) is 0 Å². The number of esters is 1. The van der Waals surface area contributed by atoms with Crippen LogP contribution in [0.5, 0.6) is 0 Å². The molecule has 16 heteroatoms. The van der Waals surface area contributed by atoms with Gasteiger partial charge in [-0.05, 0) is 34.6 Å². The van der Waals surface area contributed by atoms with Crippen LogP contribution in [0.1, 0.15) is 40.3 Å². The number of nitrogens with two attached hydrogens (primary N) is 1. The molecule has 0 unspecified atom stereocenters. The molecule has 2 amide bonds. The normalized spacial score (nSPS) is 23.4. The van der Waals surface area contributed by atoms with E-state index in [0.29, 0.717) is 11.6 Å². The molecule has 2 saturated heterocycles. The van der Waals surface area contributed by atoms with Gasteiger partial charge in [-0.25, -0.2) is 14.6 Å². The third-order valence-corrected chi connectivity index (χ3v) is 9.42. The van der Waals surface area contributed by atoms with E-state index in [9.17, 15) is 24.3 Å². The number of carboxylic acid groups (broad SMARTS) is 1. The van der Waals surface area contributed by atoms with E-state index < -0.39 is 50.4 Å². The third kappa shape index (κ3) is 7.18. The summed E-state index contributed by atoms with van der Waals surface area (Å²) >= 11 is 8.96. The second-order valence-electron chi connectivity index (χ2n) is 10.0. The maximum absolute atomic E-state index is 13.3. The van der Waals surface area contributed by atoms with Crippen LogP contribution >= 0.6 is 46.5 Å². The average Bonchev–Trinajstić information content (AvgIpc) is 3.42. The number of nitrogen functional groups attached to an aromatic ring is 1. The highest BCUT2D eigenvalue weighted by Gasteiger charge is 2.62. The molecule has 4 N–H and O–H groups in total. The van der Waals surface area contributed by atoms with Crippen molar-refractivity contribution < 1.29 is 33.9 Å². The summed E-state index contributed by atoms with van der Waals surface area (Å²) in [4.78, 5) is 61.8. The van der Waals surface area contributed by atoms with Crippen molar-refractivity contribution >= 4 is 81.1 Å². The zero-order valence-electron chi connectivity index (χ0n) is 21.9. The van der Waals surface area contributed by atoms with Crippen molar-refractivity contribution in [1.82, 2.24) is 15.2 Å². The fraction of sp³-hybridized carbons (Fsp3) is 0.565. The van der Waals surface area contributed by atoms with Gasteiger partial charge in [-0.1, -0.05) is 17.3 Å². The van der Waals surface area contributed by atoms with Crippen LogP contribution in [0.4, 0.5) is 5.13 Å². The minimum absolute atomic E-state index is 0.0149. The lowest BCUT2D eigenvalue weighted by atomic mass is 10.1. The molecule has 0 aliphatic carbocycles. The monoisotopic (exact) mass is 619 g/mol. The Morgan fingerprint density at radius 3 is 2.62 bits per heavy atom. The highest BCUT2D eigenvalue weighted by molar-refractivity contribution is 8.20. The molecule has 0 bridgehead atoms. The summed E-state index contributed by atoms with van der Waals surface area (Å²) in [7, 11) is 0. The number of rotatable bonds is 11. The smallest absolute Gasteiger partial charge is 0.353 e. The number of thiazole rings is 1. The van der Waals surface area contributed by atoms with E-state index in [1.54, 1.807) is 32.9 Å². The zero-order valence-corrected chi connectivity index (χ0v) is 25.1. The molecule has 1 aromatic rings. The molecule has 3 rings (SSSR count). The van der Waals surface area contributed by atoms with Crippen molar-refractivity contribution in [2.75, 3.05) is 23.9 Å². The van der Waals surface area contributed by atoms with Crippen LogP contribution in [-0.2, 0) is 28.8 Å². The van der Waals surface area contributed by atoms with Crippen molar-refractivity contribution in [3.8, 4) is 0 Å². The molecular weight excluding hydrogens is 590 g/mol. The van der Waals surface area contributed by atoms with Gasteiger partial charge in [-0.3, -0.25) is 9.59 Å². The Labute approximate surface area is 243 Å². The first-order valence-electron chi connectivity index (χ1n) is 11.7. The molecular formula is C23H30ClN5O7S3. The van der Waals surface area contributed by atoms with Crippen molar-refractivity contribution in [1.29, 1.82) is 0 Å². The zero-order chi connectivity index (χ0) is 29.2. The van der Waals surface area contributed by atoms with Gasteiger partial charge in [0.25, 0.3) is 5.91 Å². The molecule has 2 fully saturated rings. The Morgan fingerprint density at radius 2 is 2.05 bits per heavy atom. The van der Waals surface area contributed by atoms with E-state index >= 15 is 0 Å². The van der Waals surface area contributed by atoms with Gasteiger partial charge in [0.2, 0.25) is 11.5 Å². The first-order valence-corrected chi connectivity index (χ1v) is 15.0. The molecule has 2 aliphatic heterocycles. The number of carboxylic acids is 1. The summed E-state index contributed by atoms with van der Waals surface area (Å²) in [5.41, 5.74) is 3.18. The third-order valence-electron chi connectivity index (χ3n) is 5.35. The van der Waals surface area contributed by atoms with E-state index in [2.05, 4.69) is 15.5 Å². The molecule has 39 heavy (non-hydrogen) atoms. The standard InChI is InChI=1S/C23H30ClN5O7S3/c1-21(2,3)35-19(34)22(4,5)36-28-13(12-10-37-20(25)26-12)15(30)27-14-16(31)29-11-23(18(32)33,39-17(14)29)38-9-7-6-8-24/h6-7,10,14,17H,8-9,11H2,1-5H3,(H2,25,26)(H,27,30)(H,32,33)/b7-6+,28-13-/t14-,17-,23-/m1/s1. The topological polar surface area (TPSA) is 174 Å². The summed E-state index contributed by atoms with van der Waals surface area (Å²) in [6.07, 6.45) is 3.48. The van der Waals surface area contributed by atoms with E-state index in [1.165, 1.54) is 35.9 Å². The van der Waals surface area contributed by atoms with Crippen LogP contribution in [-0.4, -0.2) is 89.3 Å². The number of aromatic nitrogens is 1. The predicted molar refractivity (Wildman–Crippen MR) is 152 cm³/mol. The molecule has 12 nitrogen and oxygen atoms in total. The average molecular weight is 620 g/mol. The molecule has 3 atom stereocenters. The molecule has 3 heterocycles. The first-order chi connectivity index (χ1) is 18.1. The minimum atomic E-state index is -1.55. The number of halogens is 1. The number of fused-ring (bicyclic) bond motifs is 1. The van der Waals surface area contributed by atoms with Gasteiger partial charge in [0.15, 0.2) is 14.9 Å². The minimum Gasteiger partial charge on any atom is -0.480 e.